The monoisotopic (exact) mass is 395 g/mol. The van der Waals surface area contributed by atoms with Crippen LogP contribution in [0.4, 0.5) is 5.69 Å². The first-order valence-corrected chi connectivity index (χ1v) is 9.13. The van der Waals surface area contributed by atoms with Crippen molar-refractivity contribution >= 4 is 45.8 Å². The number of carbonyl (C=O) groups excluding carboxylic acids is 1. The summed E-state index contributed by atoms with van der Waals surface area (Å²) in [4.78, 5) is 17.4. The lowest BCUT2D eigenvalue weighted by Gasteiger charge is -2.11. The van der Waals surface area contributed by atoms with Crippen LogP contribution in [0.1, 0.15) is 0 Å². The van der Waals surface area contributed by atoms with E-state index in [4.69, 9.17) is 28.2 Å². The minimum absolute atomic E-state index is 0.115. The summed E-state index contributed by atoms with van der Waals surface area (Å²) in [5.41, 5.74) is 3.19. The van der Waals surface area contributed by atoms with Crippen LogP contribution in [0.25, 0.3) is 22.4 Å². The van der Waals surface area contributed by atoms with E-state index in [9.17, 15) is 4.79 Å². The Balaban J connectivity index is 1.71. The summed E-state index contributed by atoms with van der Waals surface area (Å²) in [7, 11) is 0. The summed E-state index contributed by atoms with van der Waals surface area (Å²) in [5, 5.41) is 4.01. The highest BCUT2D eigenvalue weighted by Gasteiger charge is 2.15. The number of amides is 1. The first-order valence-electron chi connectivity index (χ1n) is 8.37. The molecule has 0 aliphatic heterocycles. The predicted octanol–water partition coefficient (Wildman–Crippen LogP) is 5.65. The predicted molar refractivity (Wildman–Crippen MR) is 110 cm³/mol. The molecule has 0 aliphatic carbocycles. The Bertz CT molecular complexity index is 1120. The Hall–Kier alpha value is -2.82. The summed E-state index contributed by atoms with van der Waals surface area (Å²) in [6, 6.07) is 22.3. The summed E-state index contributed by atoms with van der Waals surface area (Å²) >= 11 is 12.1. The van der Waals surface area contributed by atoms with Crippen LogP contribution in [0.2, 0.25) is 10.0 Å². The van der Waals surface area contributed by atoms with Crippen molar-refractivity contribution in [3.63, 3.8) is 0 Å². The van der Waals surface area contributed by atoms with E-state index < -0.39 is 0 Å². The Morgan fingerprint density at radius 3 is 2.41 bits per heavy atom. The van der Waals surface area contributed by atoms with E-state index >= 15 is 0 Å². The van der Waals surface area contributed by atoms with E-state index in [1.807, 2.05) is 65.2 Å². The Labute approximate surface area is 166 Å². The van der Waals surface area contributed by atoms with Crippen molar-refractivity contribution in [3.05, 3.63) is 82.8 Å². The Kier molecular flexibility index (Phi) is 4.84. The Morgan fingerprint density at radius 2 is 1.63 bits per heavy atom. The molecule has 6 heteroatoms. The van der Waals surface area contributed by atoms with Crippen molar-refractivity contribution in [1.82, 2.24) is 9.55 Å². The summed E-state index contributed by atoms with van der Waals surface area (Å²) < 4.78 is 1.89. The highest BCUT2D eigenvalue weighted by Crippen LogP contribution is 2.26. The van der Waals surface area contributed by atoms with E-state index in [0.717, 1.165) is 16.6 Å². The molecule has 0 radical (unpaired) electrons. The van der Waals surface area contributed by atoms with Crippen LogP contribution in [-0.2, 0) is 11.3 Å². The average molecular weight is 396 g/mol. The van der Waals surface area contributed by atoms with Gasteiger partial charge in [0.1, 0.15) is 12.4 Å². The molecule has 0 aliphatic rings. The number of benzene rings is 3. The molecule has 0 spiro atoms. The zero-order valence-corrected chi connectivity index (χ0v) is 15.7. The lowest BCUT2D eigenvalue weighted by atomic mass is 10.2. The maximum Gasteiger partial charge on any atom is 0.244 e. The molecule has 0 saturated carbocycles. The average Bonchev–Trinajstić information content (AvgIpc) is 3.03. The third kappa shape index (κ3) is 3.68. The number of nitrogens with zero attached hydrogens (tertiary/aromatic N) is 2. The van der Waals surface area contributed by atoms with Gasteiger partial charge in [-0.2, -0.15) is 0 Å². The second kappa shape index (κ2) is 7.43. The number of fused-ring (bicyclic) bond motifs is 1. The van der Waals surface area contributed by atoms with Crippen molar-refractivity contribution in [2.75, 3.05) is 5.32 Å². The van der Waals surface area contributed by atoms with Crippen LogP contribution in [0.15, 0.2) is 72.8 Å². The molecule has 1 heterocycles. The quantitative estimate of drug-likeness (QED) is 0.485. The molecule has 0 fully saturated rings. The molecule has 3 aromatic carbocycles. The molecule has 0 unspecified atom stereocenters. The first-order chi connectivity index (χ1) is 13.1. The standard InChI is InChI=1S/C21H15Cl2N3O/c22-15-11-9-14(10-12-15)21-25-18-7-3-4-8-19(18)26(21)13-20(27)24-17-6-2-1-5-16(17)23/h1-12H,13H2,(H,24,27). The smallest absolute Gasteiger partial charge is 0.244 e. The minimum atomic E-state index is -0.179. The van der Waals surface area contributed by atoms with Crippen molar-refractivity contribution in [2.45, 2.75) is 6.54 Å². The number of rotatable bonds is 4. The topological polar surface area (TPSA) is 46.9 Å². The second-order valence-electron chi connectivity index (χ2n) is 6.05. The molecular weight excluding hydrogens is 381 g/mol. The third-order valence-electron chi connectivity index (χ3n) is 4.21. The summed E-state index contributed by atoms with van der Waals surface area (Å²) in [6.45, 7) is 0.115. The molecule has 0 atom stereocenters. The molecule has 27 heavy (non-hydrogen) atoms. The van der Waals surface area contributed by atoms with Gasteiger partial charge in [0.15, 0.2) is 0 Å². The molecule has 1 amide bonds. The second-order valence-corrected chi connectivity index (χ2v) is 6.89. The van der Waals surface area contributed by atoms with E-state index in [-0.39, 0.29) is 12.5 Å². The van der Waals surface area contributed by atoms with Crippen LogP contribution in [0.3, 0.4) is 0 Å². The van der Waals surface area contributed by atoms with Crippen molar-refractivity contribution in [2.24, 2.45) is 0 Å². The van der Waals surface area contributed by atoms with Crippen LogP contribution >= 0.6 is 23.2 Å². The van der Waals surface area contributed by atoms with E-state index in [1.54, 1.807) is 12.1 Å². The highest BCUT2D eigenvalue weighted by molar-refractivity contribution is 6.33. The van der Waals surface area contributed by atoms with Crippen LogP contribution in [0.5, 0.6) is 0 Å². The highest BCUT2D eigenvalue weighted by atomic mass is 35.5. The van der Waals surface area contributed by atoms with Crippen molar-refractivity contribution in [1.29, 1.82) is 0 Å². The fourth-order valence-corrected chi connectivity index (χ4v) is 3.26. The van der Waals surface area contributed by atoms with E-state index in [2.05, 4.69) is 5.32 Å². The molecule has 1 N–H and O–H groups in total. The van der Waals surface area contributed by atoms with Gasteiger partial charge < -0.3 is 9.88 Å². The SMILES string of the molecule is O=C(Cn1c(-c2ccc(Cl)cc2)nc2ccccc21)Nc1ccccc1Cl. The first kappa shape index (κ1) is 17.6. The summed E-state index contributed by atoms with van der Waals surface area (Å²) in [5.74, 6) is 0.531. The van der Waals surface area contributed by atoms with Gasteiger partial charge in [-0.25, -0.2) is 4.98 Å². The molecule has 4 nitrogen and oxygen atoms in total. The number of carbonyl (C=O) groups is 1. The van der Waals surface area contributed by atoms with Crippen molar-refractivity contribution in [3.8, 4) is 11.4 Å². The number of para-hydroxylation sites is 3. The van der Waals surface area contributed by atoms with Gasteiger partial charge in [-0.05, 0) is 48.5 Å². The fraction of sp³-hybridized carbons (Fsp3) is 0.0476. The van der Waals surface area contributed by atoms with Gasteiger partial charge in [0.05, 0.1) is 21.7 Å². The van der Waals surface area contributed by atoms with Gasteiger partial charge in [-0.3, -0.25) is 4.79 Å². The lowest BCUT2D eigenvalue weighted by molar-refractivity contribution is -0.116. The molecule has 134 valence electrons. The molecule has 1 aromatic heterocycles. The number of anilines is 1. The molecule has 0 saturated heterocycles. The number of imidazole rings is 1. The molecule has 0 bridgehead atoms. The van der Waals surface area contributed by atoms with Gasteiger partial charge in [-0.1, -0.05) is 47.5 Å². The molecular formula is C21H15Cl2N3O. The lowest BCUT2D eigenvalue weighted by Crippen LogP contribution is -2.19. The van der Waals surface area contributed by atoms with Crippen LogP contribution in [-0.4, -0.2) is 15.5 Å². The molecule has 4 aromatic rings. The largest absolute Gasteiger partial charge is 0.323 e. The van der Waals surface area contributed by atoms with Gasteiger partial charge in [-0.15, -0.1) is 0 Å². The fourth-order valence-electron chi connectivity index (χ4n) is 2.95. The zero-order valence-electron chi connectivity index (χ0n) is 14.2. The maximum absolute atomic E-state index is 12.7. The number of nitrogens with one attached hydrogen (secondary N) is 1. The van der Waals surface area contributed by atoms with Crippen LogP contribution in [0, 0.1) is 0 Å². The molecule has 4 rings (SSSR count). The van der Waals surface area contributed by atoms with Gasteiger partial charge in [0.25, 0.3) is 0 Å². The van der Waals surface area contributed by atoms with Crippen molar-refractivity contribution < 1.29 is 4.79 Å². The van der Waals surface area contributed by atoms with Gasteiger partial charge in [0, 0.05) is 10.6 Å². The van der Waals surface area contributed by atoms with Crippen LogP contribution < -0.4 is 5.32 Å². The van der Waals surface area contributed by atoms with E-state index in [0.29, 0.717) is 21.6 Å². The zero-order chi connectivity index (χ0) is 18.8. The normalized spacial score (nSPS) is 10.9. The van der Waals surface area contributed by atoms with Gasteiger partial charge in [0.2, 0.25) is 5.91 Å². The number of halogens is 2. The minimum Gasteiger partial charge on any atom is -0.323 e. The third-order valence-corrected chi connectivity index (χ3v) is 4.79. The summed E-state index contributed by atoms with van der Waals surface area (Å²) in [6.07, 6.45) is 0. The van der Waals surface area contributed by atoms with E-state index in [1.165, 1.54) is 0 Å². The number of hydrogen-bond acceptors (Lipinski definition) is 2. The van der Waals surface area contributed by atoms with Gasteiger partial charge >= 0.3 is 0 Å². The Morgan fingerprint density at radius 1 is 0.926 bits per heavy atom. The maximum atomic E-state index is 12.7. The number of aromatic nitrogens is 2. The number of hydrogen-bond donors (Lipinski definition) is 1.